The van der Waals surface area contributed by atoms with Gasteiger partial charge in [0, 0.05) is 113 Å². The van der Waals surface area contributed by atoms with E-state index in [-0.39, 0.29) is 37.2 Å². The lowest BCUT2D eigenvalue weighted by atomic mass is 10.1. The number of para-hydroxylation sites is 7. The van der Waals surface area contributed by atoms with Crippen molar-refractivity contribution in [1.29, 1.82) is 0 Å². The number of benzene rings is 12. The topological polar surface area (TPSA) is 384 Å². The number of nitrogens with zero attached hydrogens (tertiary/aromatic N) is 9. The van der Waals surface area contributed by atoms with E-state index in [0.29, 0.717) is 29.7 Å². The number of carbonyl (C=O) groups excluding carboxylic acids is 3. The van der Waals surface area contributed by atoms with Crippen molar-refractivity contribution in [3.05, 3.63) is 404 Å². The third-order valence-electron chi connectivity index (χ3n) is 17.3. The number of aromatic nitrogens is 7. The van der Waals surface area contributed by atoms with Crippen LogP contribution in [0, 0.1) is 20.2 Å². The summed E-state index contributed by atoms with van der Waals surface area (Å²) < 4.78 is 16.5. The molecule has 0 aliphatic heterocycles. The summed E-state index contributed by atoms with van der Waals surface area (Å²) in [7, 11) is 0. The molecule has 0 aliphatic carbocycles. The van der Waals surface area contributed by atoms with E-state index in [1.165, 1.54) is 45.0 Å². The van der Waals surface area contributed by atoms with Crippen molar-refractivity contribution < 1.29 is 33.7 Å². The van der Waals surface area contributed by atoms with E-state index in [1.807, 2.05) is 224 Å². The Morgan fingerprint density at radius 1 is 0.398 bits per heavy atom. The van der Waals surface area contributed by atoms with Crippen LogP contribution in [0.2, 0.25) is 0 Å². The van der Waals surface area contributed by atoms with Crippen LogP contribution in [0.25, 0.3) is 51.1 Å². The molecule has 33 heteroatoms. The van der Waals surface area contributed by atoms with Gasteiger partial charge in [0.25, 0.3) is 11.4 Å². The number of nitrogen functional groups attached to an aromatic ring is 2. The second-order valence-electron chi connectivity index (χ2n) is 26.5. The maximum atomic E-state index is 12.0. The molecule has 19 aromatic rings. The third-order valence-corrected chi connectivity index (χ3v) is 22.6. The fourth-order valence-corrected chi connectivity index (χ4v) is 15.9. The highest BCUT2D eigenvalue weighted by molar-refractivity contribution is 9.10. The Balaban J connectivity index is 0.000000147. The van der Waals surface area contributed by atoms with Crippen molar-refractivity contribution in [3.8, 4) is 11.5 Å². The number of pyridine rings is 2. The number of thiazole rings is 5. The Morgan fingerprint density at radius 3 is 1.18 bits per heavy atom. The molecule has 26 nitrogen and oxygen atoms in total. The van der Waals surface area contributed by atoms with E-state index in [2.05, 4.69) is 100 Å². The van der Waals surface area contributed by atoms with Crippen LogP contribution < -0.4 is 53.3 Å². The van der Waals surface area contributed by atoms with E-state index >= 15 is 0 Å². The van der Waals surface area contributed by atoms with Gasteiger partial charge in [-0.1, -0.05) is 190 Å². The summed E-state index contributed by atoms with van der Waals surface area (Å²) in [5.74, 6) is 0.747. The molecule has 0 bridgehead atoms. The Morgan fingerprint density at radius 2 is 0.766 bits per heavy atom. The molecule has 12 aromatic carbocycles. The molecule has 0 spiro atoms. The number of amides is 2. The van der Waals surface area contributed by atoms with Crippen LogP contribution in [0.15, 0.2) is 357 Å². The number of fused-ring (bicyclic) bond motifs is 5. The molecule has 0 aliphatic rings. The minimum Gasteiger partial charge on any atom is -0.426 e. The summed E-state index contributed by atoms with van der Waals surface area (Å²) in [6.45, 7) is 1.06. The van der Waals surface area contributed by atoms with Crippen molar-refractivity contribution in [2.45, 2.75) is 33.4 Å². The predicted molar refractivity (Wildman–Crippen MR) is 526 cm³/mol. The molecule has 644 valence electrons. The van der Waals surface area contributed by atoms with Gasteiger partial charge in [0.1, 0.15) is 11.5 Å². The van der Waals surface area contributed by atoms with Gasteiger partial charge in [0.05, 0.1) is 72.4 Å². The lowest BCUT2D eigenvalue weighted by Crippen LogP contribution is -2.28. The molecule has 0 radical (unpaired) electrons. The van der Waals surface area contributed by atoms with Crippen molar-refractivity contribution in [1.82, 2.24) is 40.2 Å². The number of nitrogens with two attached hydrogens (primary N) is 3. The molecule has 0 unspecified atom stereocenters. The first-order valence-electron chi connectivity index (χ1n) is 38.6. The monoisotopic (exact) mass is 1880 g/mol. The molecule has 0 fully saturated rings. The quantitative estimate of drug-likeness (QED) is 0.00987. The fourth-order valence-electron chi connectivity index (χ4n) is 11.2. The molecule has 7 aromatic heterocycles. The van der Waals surface area contributed by atoms with Gasteiger partial charge in [-0.2, -0.15) is 0 Å². The number of rotatable bonds is 18. The molecule has 0 saturated carbocycles. The van der Waals surface area contributed by atoms with Crippen molar-refractivity contribution in [2.24, 2.45) is 5.73 Å². The average Bonchev–Trinajstić information content (AvgIpc) is 1.69. The van der Waals surface area contributed by atoms with Gasteiger partial charge in [-0.3, -0.25) is 35.0 Å². The smallest absolute Gasteiger partial charge is 0.409 e. The van der Waals surface area contributed by atoms with Gasteiger partial charge < -0.3 is 53.3 Å². The summed E-state index contributed by atoms with van der Waals surface area (Å²) in [6, 6.07) is 101. The molecule has 128 heavy (non-hydrogen) atoms. The number of hydrogen-bond donors (Lipinski definition) is 8. The second kappa shape index (κ2) is 49.0. The number of urea groups is 1. The summed E-state index contributed by atoms with van der Waals surface area (Å²) in [4.78, 5) is 84.1. The number of hydrogen-bond acceptors (Lipinski definition) is 27. The first-order chi connectivity index (χ1) is 61.8. The van der Waals surface area contributed by atoms with Crippen molar-refractivity contribution in [2.75, 3.05) is 32.7 Å². The second-order valence-corrected chi connectivity index (χ2v) is 33.0. The molecular formula is C95H81BrClN17O9S5. The number of carbonyl (C=O) groups is 3. The number of nitrogens with one attached hydrogen (secondary N) is 5. The highest BCUT2D eigenvalue weighted by atomic mass is 79.9. The standard InChI is InChI=1S/C21H18N4OS.C21H16N2O2S.C13H9N3O2S.C13H11N3S.C7H5ClO2.C7H6N2S.C6H4BrNO2.C6H8N2.CH4/c26-21(23-14-16-9-11-22-12-10-16)24-17-7-5-15(6-8-17)13-20-25-18-3-1-2-4-19(18)27-20;24-20(25-17-6-2-1-3-7-17)14-15-10-12-16(13-11-15)22-21-23-18-8-4-5-9-19(18)26-21;17-16(18)10-7-5-9(6-8-10)14-13-15-11-3-1-2-4-12(11)19-13;14-9-5-7-10(8-6-9)15-13-16-11-3-1-2-4-12(11)17-13;8-7(9)10-6-4-2-1-3-5-6;8-7-9-5-3-1-2-4-6(5)10-7;7-5-1-3-6(4-2-5)8(9)10;7-5-6-1-3-8-4-2-6;/h1-12H,13-14H2,(H2,23,24,26);1-13H,14H2,(H,22,23);1-8H,(H,14,15);1-8H,14H2,(H,15,16);1-5H;1-4H,(H2,8,9);1-4H;1-4H,5,7H2;1H4. The Labute approximate surface area is 768 Å². The first-order valence-corrected chi connectivity index (χ1v) is 43.8. The van der Waals surface area contributed by atoms with Gasteiger partial charge in [0.2, 0.25) is 0 Å². The van der Waals surface area contributed by atoms with Crippen LogP contribution in [-0.2, 0) is 30.7 Å². The minimum absolute atomic E-state index is 0. The number of ether oxygens (including phenoxy) is 2. The SMILES string of the molecule is C.NCc1ccncc1.Nc1ccc(Nc2nc3ccccc3s2)cc1.Nc1nc2ccccc2s1.O=C(Cc1ccc(Nc2nc3ccccc3s2)cc1)Oc1ccccc1.O=C(Cl)Oc1ccccc1.O=C(NCc1ccncc1)Nc1ccc(Cc2nc3ccccc3s2)cc1.O=[N+]([O-])c1ccc(Br)cc1.O=[N+]([O-])c1ccc(Nc2nc3ccccc3s2)cc1. The lowest BCUT2D eigenvalue weighted by molar-refractivity contribution is -0.385. The van der Waals surface area contributed by atoms with E-state index in [1.54, 1.807) is 131 Å². The van der Waals surface area contributed by atoms with Gasteiger partial charge in [-0.25, -0.2) is 34.5 Å². The molecule has 11 N–H and O–H groups in total. The number of anilines is 9. The number of nitro benzene ring substituents is 2. The fraction of sp³-hybridized carbons (Fsp3) is 0.0526. The highest BCUT2D eigenvalue weighted by Crippen LogP contribution is 2.33. The van der Waals surface area contributed by atoms with Crippen LogP contribution in [-0.4, -0.2) is 62.2 Å². The van der Waals surface area contributed by atoms with Gasteiger partial charge in [0.15, 0.2) is 20.5 Å². The van der Waals surface area contributed by atoms with Crippen molar-refractivity contribution in [3.63, 3.8) is 0 Å². The largest absolute Gasteiger partial charge is 0.426 e. The molecular weight excluding hydrogens is 1800 g/mol. The molecule has 7 heterocycles. The zero-order chi connectivity index (χ0) is 88.9. The normalized spacial score (nSPS) is 10.2. The predicted octanol–water partition coefficient (Wildman–Crippen LogP) is 25.2. The number of esters is 1. The molecule has 0 atom stereocenters. The van der Waals surface area contributed by atoms with Crippen LogP contribution in [0.4, 0.5) is 69.9 Å². The first kappa shape index (κ1) is 93.8. The number of nitro groups is 2. The summed E-state index contributed by atoms with van der Waals surface area (Å²) in [6.07, 6.45) is 7.91. The van der Waals surface area contributed by atoms with E-state index in [9.17, 15) is 34.6 Å². The zero-order valence-corrected chi connectivity index (χ0v) is 73.5. The van der Waals surface area contributed by atoms with Gasteiger partial charge in [-0.15, -0.1) is 11.3 Å². The Kier molecular flexibility index (Phi) is 35.9. The van der Waals surface area contributed by atoms with E-state index in [0.717, 1.165) is 124 Å². The zero-order valence-electron chi connectivity index (χ0n) is 67.0. The lowest BCUT2D eigenvalue weighted by Gasteiger charge is -2.08. The average molecular weight is 1880 g/mol. The molecule has 19 rings (SSSR count). The maximum Gasteiger partial charge on any atom is 0.409 e. The Bertz CT molecular complexity index is 6550. The Hall–Kier alpha value is -14.9. The van der Waals surface area contributed by atoms with Gasteiger partial charge >= 0.3 is 17.4 Å². The van der Waals surface area contributed by atoms with Gasteiger partial charge in [-0.05, 0) is 204 Å². The summed E-state index contributed by atoms with van der Waals surface area (Å²) in [5.41, 5.74) is 29.3. The molecule has 0 saturated heterocycles. The molecule has 2 amide bonds. The van der Waals surface area contributed by atoms with E-state index in [4.69, 9.17) is 33.5 Å². The van der Waals surface area contributed by atoms with E-state index < -0.39 is 15.3 Å². The summed E-state index contributed by atoms with van der Waals surface area (Å²) >= 11 is 16.2. The highest BCUT2D eigenvalue weighted by Gasteiger charge is 2.13. The maximum absolute atomic E-state index is 12.0. The minimum atomic E-state index is -0.814. The third kappa shape index (κ3) is 30.8. The van der Waals surface area contributed by atoms with Crippen LogP contribution in [0.1, 0.15) is 34.7 Å². The number of halogens is 2. The van der Waals surface area contributed by atoms with Crippen LogP contribution >= 0.6 is 84.2 Å². The van der Waals surface area contributed by atoms with Crippen LogP contribution in [0.3, 0.4) is 0 Å². The number of non-ortho nitro benzene ring substituents is 2. The van der Waals surface area contributed by atoms with Crippen LogP contribution in [0.5, 0.6) is 11.5 Å². The van der Waals surface area contributed by atoms with Crippen molar-refractivity contribution >= 4 is 213 Å². The summed E-state index contributed by atoms with van der Waals surface area (Å²) in [5, 5.41) is 40.3.